The second kappa shape index (κ2) is 8.64. The fourth-order valence-corrected chi connectivity index (χ4v) is 2.93. The van der Waals surface area contributed by atoms with Crippen LogP contribution < -0.4 is 10.6 Å². The number of aryl methyl sites for hydroxylation is 2. The molecule has 27 heavy (non-hydrogen) atoms. The second-order valence-corrected chi connectivity index (χ2v) is 6.78. The largest absolute Gasteiger partial charge is 0.354 e. The number of carbonyl (C=O) groups is 1. The first-order valence-corrected chi connectivity index (χ1v) is 9.09. The summed E-state index contributed by atoms with van der Waals surface area (Å²) in [6, 6.07) is 15.2. The van der Waals surface area contributed by atoms with Gasteiger partial charge in [0.15, 0.2) is 0 Å². The van der Waals surface area contributed by atoms with E-state index in [1.54, 1.807) is 12.3 Å². The highest BCUT2D eigenvalue weighted by atomic mass is 35.5. The third kappa shape index (κ3) is 5.28. The Hall–Kier alpha value is -2.92. The number of rotatable bonds is 6. The Morgan fingerprint density at radius 2 is 1.96 bits per heavy atom. The molecule has 1 aromatic heterocycles. The van der Waals surface area contributed by atoms with Crippen LogP contribution in [0.15, 0.2) is 54.7 Å². The monoisotopic (exact) mass is 380 g/mol. The van der Waals surface area contributed by atoms with Crippen LogP contribution in [0.25, 0.3) is 0 Å². The van der Waals surface area contributed by atoms with E-state index >= 15 is 0 Å². The Morgan fingerprint density at radius 3 is 2.74 bits per heavy atom. The van der Waals surface area contributed by atoms with Crippen molar-refractivity contribution in [2.75, 3.05) is 17.2 Å². The summed E-state index contributed by atoms with van der Waals surface area (Å²) in [5, 5.41) is 6.76. The zero-order valence-electron chi connectivity index (χ0n) is 15.3. The minimum Gasteiger partial charge on any atom is -0.354 e. The van der Waals surface area contributed by atoms with E-state index in [1.165, 1.54) is 0 Å². The molecule has 0 aliphatic heterocycles. The normalized spacial score (nSPS) is 10.5. The molecule has 0 saturated heterocycles. The summed E-state index contributed by atoms with van der Waals surface area (Å²) < 4.78 is 0. The van der Waals surface area contributed by atoms with Crippen LogP contribution in [0.2, 0.25) is 5.02 Å². The van der Waals surface area contributed by atoms with Crippen LogP contribution in [-0.4, -0.2) is 22.4 Å². The van der Waals surface area contributed by atoms with Gasteiger partial charge in [0, 0.05) is 23.5 Å². The van der Waals surface area contributed by atoms with Gasteiger partial charge in [-0.05, 0) is 55.7 Å². The minimum absolute atomic E-state index is 0.262. The third-order valence-corrected chi connectivity index (χ3v) is 4.34. The SMILES string of the molecule is Cc1ccc(NC(=O)c2ccnc(NCCc3cccc(Cl)c3)n2)c(C)c1. The molecule has 2 aromatic carbocycles. The van der Waals surface area contributed by atoms with Crippen molar-refractivity contribution < 1.29 is 4.79 Å². The van der Waals surface area contributed by atoms with Crippen LogP contribution in [-0.2, 0) is 6.42 Å². The highest BCUT2D eigenvalue weighted by molar-refractivity contribution is 6.30. The molecule has 0 aliphatic carbocycles. The van der Waals surface area contributed by atoms with E-state index in [0.717, 1.165) is 28.8 Å². The van der Waals surface area contributed by atoms with Crippen LogP contribution in [0.1, 0.15) is 27.2 Å². The van der Waals surface area contributed by atoms with Gasteiger partial charge in [0.25, 0.3) is 5.91 Å². The molecular formula is C21H21ClN4O. The van der Waals surface area contributed by atoms with Crippen LogP contribution >= 0.6 is 11.6 Å². The van der Waals surface area contributed by atoms with Crippen molar-refractivity contribution in [3.63, 3.8) is 0 Å². The van der Waals surface area contributed by atoms with Gasteiger partial charge in [0.2, 0.25) is 5.95 Å². The lowest BCUT2D eigenvalue weighted by molar-refractivity contribution is 0.102. The number of aromatic nitrogens is 2. The molecule has 2 N–H and O–H groups in total. The number of amides is 1. The van der Waals surface area contributed by atoms with Crippen molar-refractivity contribution in [2.45, 2.75) is 20.3 Å². The maximum atomic E-state index is 12.5. The van der Waals surface area contributed by atoms with Crippen LogP contribution in [0.4, 0.5) is 11.6 Å². The quantitative estimate of drug-likeness (QED) is 0.653. The van der Waals surface area contributed by atoms with Crippen molar-refractivity contribution in [3.8, 4) is 0 Å². The molecule has 0 radical (unpaired) electrons. The van der Waals surface area contributed by atoms with E-state index in [4.69, 9.17) is 11.6 Å². The van der Waals surface area contributed by atoms with Crippen molar-refractivity contribution in [1.82, 2.24) is 9.97 Å². The summed E-state index contributed by atoms with van der Waals surface area (Å²) >= 11 is 5.99. The van der Waals surface area contributed by atoms with Crippen molar-refractivity contribution in [3.05, 3.63) is 82.1 Å². The van der Waals surface area contributed by atoms with E-state index < -0.39 is 0 Å². The Kier molecular flexibility index (Phi) is 6.04. The number of nitrogens with zero attached hydrogens (tertiary/aromatic N) is 2. The second-order valence-electron chi connectivity index (χ2n) is 6.34. The van der Waals surface area contributed by atoms with Gasteiger partial charge in [-0.3, -0.25) is 4.79 Å². The number of hydrogen-bond donors (Lipinski definition) is 2. The summed E-state index contributed by atoms with van der Waals surface area (Å²) in [4.78, 5) is 21.0. The molecule has 0 aliphatic rings. The molecule has 0 unspecified atom stereocenters. The fraction of sp³-hybridized carbons (Fsp3) is 0.190. The summed E-state index contributed by atoms with van der Waals surface area (Å²) in [7, 11) is 0. The van der Waals surface area contributed by atoms with Gasteiger partial charge in [-0.25, -0.2) is 9.97 Å². The van der Waals surface area contributed by atoms with Crippen molar-refractivity contribution in [1.29, 1.82) is 0 Å². The number of benzene rings is 2. The van der Waals surface area contributed by atoms with Crippen LogP contribution in [0.5, 0.6) is 0 Å². The molecular weight excluding hydrogens is 360 g/mol. The Morgan fingerprint density at radius 1 is 1.11 bits per heavy atom. The number of anilines is 2. The summed E-state index contributed by atoms with van der Waals surface area (Å²) in [5.41, 5.74) is 4.38. The number of hydrogen-bond acceptors (Lipinski definition) is 4. The topological polar surface area (TPSA) is 66.9 Å². The zero-order valence-corrected chi connectivity index (χ0v) is 16.0. The zero-order chi connectivity index (χ0) is 19.2. The van der Waals surface area contributed by atoms with Gasteiger partial charge in [-0.1, -0.05) is 41.4 Å². The number of carbonyl (C=O) groups excluding carboxylic acids is 1. The van der Waals surface area contributed by atoms with E-state index in [9.17, 15) is 4.79 Å². The first-order chi connectivity index (χ1) is 13.0. The average Bonchev–Trinajstić information content (AvgIpc) is 2.64. The predicted octanol–water partition coefficient (Wildman–Crippen LogP) is 4.65. The smallest absolute Gasteiger partial charge is 0.274 e. The fourth-order valence-electron chi connectivity index (χ4n) is 2.72. The first kappa shape index (κ1) is 18.9. The molecule has 0 bridgehead atoms. The predicted molar refractivity (Wildman–Crippen MR) is 110 cm³/mol. The maximum Gasteiger partial charge on any atom is 0.274 e. The lowest BCUT2D eigenvalue weighted by Crippen LogP contribution is -2.16. The molecule has 1 heterocycles. The van der Waals surface area contributed by atoms with Gasteiger partial charge in [0.1, 0.15) is 5.69 Å². The summed E-state index contributed by atoms with van der Waals surface area (Å²) in [6.45, 7) is 4.62. The summed E-state index contributed by atoms with van der Waals surface area (Å²) in [5.74, 6) is 0.160. The first-order valence-electron chi connectivity index (χ1n) is 8.71. The highest BCUT2D eigenvalue weighted by Gasteiger charge is 2.10. The molecule has 0 spiro atoms. The lowest BCUT2D eigenvalue weighted by Gasteiger charge is -2.10. The van der Waals surface area contributed by atoms with E-state index in [0.29, 0.717) is 23.2 Å². The molecule has 5 nitrogen and oxygen atoms in total. The summed E-state index contributed by atoms with van der Waals surface area (Å²) in [6.07, 6.45) is 2.36. The molecule has 3 rings (SSSR count). The number of nitrogens with one attached hydrogen (secondary N) is 2. The van der Waals surface area contributed by atoms with E-state index in [-0.39, 0.29) is 5.91 Å². The van der Waals surface area contributed by atoms with Crippen LogP contribution in [0.3, 0.4) is 0 Å². The van der Waals surface area contributed by atoms with Crippen molar-refractivity contribution in [2.24, 2.45) is 0 Å². The van der Waals surface area contributed by atoms with Gasteiger partial charge < -0.3 is 10.6 Å². The van der Waals surface area contributed by atoms with Gasteiger partial charge >= 0.3 is 0 Å². The molecule has 0 fully saturated rings. The lowest BCUT2D eigenvalue weighted by atomic mass is 10.1. The van der Waals surface area contributed by atoms with Crippen LogP contribution in [0, 0.1) is 13.8 Å². The molecule has 3 aromatic rings. The molecule has 138 valence electrons. The maximum absolute atomic E-state index is 12.5. The van der Waals surface area contributed by atoms with E-state index in [1.807, 2.05) is 56.3 Å². The van der Waals surface area contributed by atoms with E-state index in [2.05, 4.69) is 20.6 Å². The highest BCUT2D eigenvalue weighted by Crippen LogP contribution is 2.17. The standard InChI is InChI=1S/C21H21ClN4O/c1-14-6-7-18(15(2)12-14)25-20(27)19-9-11-24-21(26-19)23-10-8-16-4-3-5-17(22)13-16/h3-7,9,11-13H,8,10H2,1-2H3,(H,25,27)(H,23,24,26). The van der Waals surface area contributed by atoms with Crippen molar-refractivity contribution >= 4 is 29.1 Å². The Balaban J connectivity index is 1.61. The Bertz CT molecular complexity index is 958. The average molecular weight is 381 g/mol. The van der Waals surface area contributed by atoms with Gasteiger partial charge in [-0.15, -0.1) is 0 Å². The molecule has 6 heteroatoms. The number of halogens is 1. The Labute approximate surface area is 163 Å². The molecule has 1 amide bonds. The molecule has 0 atom stereocenters. The van der Waals surface area contributed by atoms with Gasteiger partial charge in [0.05, 0.1) is 0 Å². The molecule has 0 saturated carbocycles. The third-order valence-electron chi connectivity index (χ3n) is 4.10. The minimum atomic E-state index is -0.262. The van der Waals surface area contributed by atoms with Gasteiger partial charge in [-0.2, -0.15) is 0 Å².